The molecular weight excluding hydrogens is 493 g/mol. The molecule has 0 radical (unpaired) electrons. The summed E-state index contributed by atoms with van der Waals surface area (Å²) < 4.78 is 99.7. The maximum absolute atomic E-state index is 13.6. The van der Waals surface area contributed by atoms with Crippen LogP contribution >= 0.6 is 0 Å². The maximum Gasteiger partial charge on any atom is 0.416 e. The van der Waals surface area contributed by atoms with Crippen molar-refractivity contribution < 1.29 is 40.3 Å². The van der Waals surface area contributed by atoms with Crippen LogP contribution in [-0.4, -0.2) is 35.0 Å². The highest BCUT2D eigenvalue weighted by Crippen LogP contribution is 2.45. The zero-order valence-electron chi connectivity index (χ0n) is 19.5. The van der Waals surface area contributed by atoms with E-state index in [4.69, 9.17) is 10.5 Å². The Bertz CT molecular complexity index is 1100. The largest absolute Gasteiger partial charge is 0.416 e. The Morgan fingerprint density at radius 3 is 2.11 bits per heavy atom. The van der Waals surface area contributed by atoms with Gasteiger partial charge in [0.1, 0.15) is 5.82 Å². The lowest BCUT2D eigenvalue weighted by Crippen LogP contribution is -2.54. The average molecular weight is 518 g/mol. The zero-order valence-corrected chi connectivity index (χ0v) is 19.5. The number of alkyl halides is 6. The van der Waals surface area contributed by atoms with Gasteiger partial charge in [0.05, 0.1) is 23.3 Å². The van der Waals surface area contributed by atoms with E-state index in [1.54, 1.807) is 11.8 Å². The second kappa shape index (κ2) is 9.02. The third kappa shape index (κ3) is 5.36. The van der Waals surface area contributed by atoms with Crippen LogP contribution in [0.1, 0.15) is 61.0 Å². The molecule has 5 atom stereocenters. The van der Waals surface area contributed by atoms with Gasteiger partial charge in [-0.2, -0.15) is 26.3 Å². The number of hydrogen-bond acceptors (Lipinski definition) is 3. The van der Waals surface area contributed by atoms with Crippen LogP contribution in [0, 0.1) is 5.82 Å². The number of ether oxygens (including phenoxy) is 1. The molecule has 4 rings (SSSR count). The van der Waals surface area contributed by atoms with E-state index in [1.807, 2.05) is 0 Å². The number of fused-ring (bicyclic) bond motifs is 1. The Morgan fingerprint density at radius 2 is 1.58 bits per heavy atom. The van der Waals surface area contributed by atoms with E-state index in [-0.39, 0.29) is 30.5 Å². The van der Waals surface area contributed by atoms with Crippen LogP contribution in [0.5, 0.6) is 0 Å². The first-order chi connectivity index (χ1) is 16.5. The first-order valence-electron chi connectivity index (χ1n) is 11.3. The van der Waals surface area contributed by atoms with Gasteiger partial charge in [-0.3, -0.25) is 4.79 Å². The number of carbonyl (C=O) groups excluding carboxylic acids is 1. The molecule has 3 unspecified atom stereocenters. The summed E-state index contributed by atoms with van der Waals surface area (Å²) in [6, 6.07) is 6.46. The molecule has 2 aliphatic rings. The van der Waals surface area contributed by atoms with Crippen LogP contribution in [0.4, 0.5) is 30.7 Å². The van der Waals surface area contributed by atoms with Gasteiger partial charge in [0, 0.05) is 30.5 Å². The number of carbonyl (C=O) groups is 1. The molecular formula is C25H25F7N2O2. The summed E-state index contributed by atoms with van der Waals surface area (Å²) >= 11 is 0. The Hall–Kier alpha value is -2.66. The Labute approximate surface area is 203 Å². The highest BCUT2D eigenvalue weighted by Gasteiger charge is 2.51. The minimum atomic E-state index is -4.99. The molecule has 0 spiro atoms. The van der Waals surface area contributed by atoms with Gasteiger partial charge < -0.3 is 15.4 Å². The van der Waals surface area contributed by atoms with Crippen LogP contribution < -0.4 is 5.73 Å². The van der Waals surface area contributed by atoms with Crippen LogP contribution in [-0.2, 0) is 21.9 Å². The Morgan fingerprint density at radius 1 is 1.03 bits per heavy atom. The summed E-state index contributed by atoms with van der Waals surface area (Å²) in [6.07, 6.45) is -11.4. The number of amides is 1. The van der Waals surface area contributed by atoms with Crippen LogP contribution in [0.3, 0.4) is 0 Å². The number of nitrogens with zero attached hydrogens (tertiary/aromatic N) is 1. The summed E-state index contributed by atoms with van der Waals surface area (Å²) in [5, 5.41) is 0. The monoisotopic (exact) mass is 518 g/mol. The lowest BCUT2D eigenvalue weighted by atomic mass is 9.79. The number of halogens is 7. The Balaban J connectivity index is 1.70. The topological polar surface area (TPSA) is 55.6 Å². The van der Waals surface area contributed by atoms with Gasteiger partial charge in [-0.15, -0.1) is 0 Å². The maximum atomic E-state index is 13.6. The summed E-state index contributed by atoms with van der Waals surface area (Å²) in [5.74, 6) is -1.21. The second-order valence-corrected chi connectivity index (χ2v) is 9.88. The van der Waals surface area contributed by atoms with Crippen molar-refractivity contribution in [2.75, 3.05) is 6.54 Å². The minimum absolute atomic E-state index is 0.0636. The van der Waals surface area contributed by atoms with E-state index >= 15 is 0 Å². The molecule has 2 fully saturated rings. The summed E-state index contributed by atoms with van der Waals surface area (Å²) in [7, 11) is 0. The van der Waals surface area contributed by atoms with Crippen molar-refractivity contribution in [3.8, 4) is 0 Å². The molecule has 2 aliphatic heterocycles. The van der Waals surface area contributed by atoms with Crippen molar-refractivity contribution in [1.29, 1.82) is 0 Å². The molecule has 2 aromatic carbocycles. The molecule has 0 bridgehead atoms. The quantitative estimate of drug-likeness (QED) is 0.520. The van der Waals surface area contributed by atoms with Gasteiger partial charge in [0.2, 0.25) is 5.91 Å². The number of hydrogen-bond donors (Lipinski definition) is 1. The number of benzene rings is 2. The molecule has 2 saturated heterocycles. The van der Waals surface area contributed by atoms with E-state index in [1.165, 1.54) is 31.2 Å². The third-order valence-corrected chi connectivity index (χ3v) is 6.86. The molecule has 36 heavy (non-hydrogen) atoms. The summed E-state index contributed by atoms with van der Waals surface area (Å²) in [4.78, 5) is 14.4. The van der Waals surface area contributed by atoms with E-state index in [0.717, 1.165) is 0 Å². The van der Waals surface area contributed by atoms with Crippen LogP contribution in [0.2, 0.25) is 0 Å². The predicted octanol–water partition coefficient (Wildman–Crippen LogP) is 5.82. The van der Waals surface area contributed by atoms with E-state index in [0.29, 0.717) is 24.1 Å². The van der Waals surface area contributed by atoms with Crippen LogP contribution in [0.15, 0.2) is 42.5 Å². The predicted molar refractivity (Wildman–Crippen MR) is 116 cm³/mol. The number of piperidine rings is 1. The summed E-state index contributed by atoms with van der Waals surface area (Å²) in [6.45, 7) is 3.18. The van der Waals surface area contributed by atoms with Crippen molar-refractivity contribution in [3.05, 3.63) is 70.5 Å². The molecule has 2 N–H and O–H groups in total. The van der Waals surface area contributed by atoms with E-state index < -0.39 is 59.0 Å². The zero-order chi connectivity index (χ0) is 26.6. The average Bonchev–Trinajstić information content (AvgIpc) is 3.09. The first kappa shape index (κ1) is 26.4. The molecule has 196 valence electrons. The molecule has 2 aromatic rings. The van der Waals surface area contributed by atoms with Gasteiger partial charge in [-0.1, -0.05) is 12.1 Å². The standard InChI is InChI=1S/C25H25F7N2O2/c1-13(15-7-16(24(27,28)29)9-17(8-15)25(30,31)32)36-20-12-34-19(10-23(2,33)11-21(34)35)22(20)14-3-5-18(26)6-4-14/h3-9,13,19-20,22H,10-12,33H2,1-2H3/t13-,19?,20?,22+,23?/m1/s1. The van der Waals surface area contributed by atoms with Crippen molar-refractivity contribution in [3.63, 3.8) is 0 Å². The SMILES string of the molecule is C[C@@H](OC1CN2C(=O)CC(C)(N)CC2[C@@H]1c1ccc(F)cc1)c1cc(C(F)(F)F)cc(C(F)(F)F)c1. The highest BCUT2D eigenvalue weighted by molar-refractivity contribution is 5.79. The molecule has 4 nitrogen and oxygen atoms in total. The van der Waals surface area contributed by atoms with E-state index in [9.17, 15) is 35.5 Å². The van der Waals surface area contributed by atoms with Crippen molar-refractivity contribution in [1.82, 2.24) is 4.90 Å². The first-order valence-corrected chi connectivity index (χ1v) is 11.3. The molecule has 2 heterocycles. The molecule has 0 aliphatic carbocycles. The van der Waals surface area contributed by atoms with Gasteiger partial charge in [-0.05, 0) is 61.7 Å². The normalized spacial score (nSPS) is 27.8. The summed E-state index contributed by atoms with van der Waals surface area (Å²) in [5.41, 5.74) is 2.94. The van der Waals surface area contributed by atoms with Gasteiger partial charge in [-0.25, -0.2) is 4.39 Å². The van der Waals surface area contributed by atoms with E-state index in [2.05, 4.69) is 0 Å². The van der Waals surface area contributed by atoms with Crippen molar-refractivity contribution >= 4 is 5.91 Å². The fraction of sp³-hybridized carbons (Fsp3) is 0.480. The fourth-order valence-corrected chi connectivity index (χ4v) is 5.21. The van der Waals surface area contributed by atoms with Crippen molar-refractivity contribution in [2.45, 2.75) is 68.7 Å². The van der Waals surface area contributed by atoms with Crippen molar-refractivity contribution in [2.24, 2.45) is 5.73 Å². The lowest BCUT2D eigenvalue weighted by molar-refractivity contribution is -0.143. The highest BCUT2D eigenvalue weighted by atomic mass is 19.4. The molecule has 0 saturated carbocycles. The number of nitrogens with two attached hydrogens (primary N) is 1. The Kier molecular flexibility index (Phi) is 6.62. The van der Waals surface area contributed by atoms with Crippen LogP contribution in [0.25, 0.3) is 0 Å². The smallest absolute Gasteiger partial charge is 0.368 e. The van der Waals surface area contributed by atoms with Gasteiger partial charge >= 0.3 is 12.4 Å². The minimum Gasteiger partial charge on any atom is -0.368 e. The molecule has 11 heteroatoms. The lowest BCUT2D eigenvalue weighted by Gasteiger charge is -2.41. The molecule has 0 aromatic heterocycles. The van der Waals surface area contributed by atoms with Gasteiger partial charge in [0.15, 0.2) is 0 Å². The third-order valence-electron chi connectivity index (χ3n) is 6.86. The van der Waals surface area contributed by atoms with Gasteiger partial charge in [0.25, 0.3) is 0 Å². The molecule has 1 amide bonds. The number of rotatable bonds is 4. The second-order valence-electron chi connectivity index (χ2n) is 9.88. The fourth-order valence-electron chi connectivity index (χ4n) is 5.21.